The zero-order chi connectivity index (χ0) is 22.3. The molecule has 0 spiro atoms. The number of carbonyl (C=O) groups is 1. The average molecular weight is 431 g/mol. The van der Waals surface area contributed by atoms with E-state index in [4.69, 9.17) is 18.7 Å². The molecule has 162 valence electrons. The van der Waals surface area contributed by atoms with Crippen LogP contribution in [0.15, 0.2) is 77.3 Å². The summed E-state index contributed by atoms with van der Waals surface area (Å²) in [7, 11) is 3.17. The van der Waals surface area contributed by atoms with E-state index in [1.165, 1.54) is 0 Å². The summed E-state index contributed by atoms with van der Waals surface area (Å²) in [5.41, 5.74) is 2.00. The van der Waals surface area contributed by atoms with Crippen molar-refractivity contribution in [3.8, 4) is 40.1 Å². The number of anilines is 1. The number of nitrogens with zero attached hydrogens (tertiary/aromatic N) is 2. The Kier molecular flexibility index (Phi) is 6.31. The largest absolute Gasteiger partial charge is 0.497 e. The van der Waals surface area contributed by atoms with Crippen molar-refractivity contribution in [2.45, 2.75) is 0 Å². The van der Waals surface area contributed by atoms with Gasteiger partial charge in [-0.05, 0) is 48.5 Å². The van der Waals surface area contributed by atoms with E-state index in [1.54, 1.807) is 56.7 Å². The first-order valence-electron chi connectivity index (χ1n) is 9.80. The number of nitrogens with one attached hydrogen (secondary N) is 1. The van der Waals surface area contributed by atoms with Crippen LogP contribution in [0.5, 0.6) is 17.2 Å². The van der Waals surface area contributed by atoms with E-state index in [0.29, 0.717) is 34.5 Å². The molecule has 0 bridgehead atoms. The van der Waals surface area contributed by atoms with Gasteiger partial charge >= 0.3 is 0 Å². The van der Waals surface area contributed by atoms with Gasteiger partial charge in [0.2, 0.25) is 5.82 Å². The standard InChI is InChI=1S/C24H21N3O5/c1-29-18-12-10-16(11-13-18)23-26-24(32-27-23)20-8-3-4-9-21(20)31-15-22(28)25-17-6-5-7-19(14-17)30-2/h3-14H,15H2,1-2H3,(H,25,28). The van der Waals surface area contributed by atoms with Gasteiger partial charge in [-0.3, -0.25) is 4.79 Å². The first kappa shape index (κ1) is 20.9. The Morgan fingerprint density at radius 1 is 0.938 bits per heavy atom. The Labute approximate surface area is 184 Å². The normalized spacial score (nSPS) is 10.4. The number of para-hydroxylation sites is 1. The van der Waals surface area contributed by atoms with Gasteiger partial charge in [-0.1, -0.05) is 23.4 Å². The molecule has 1 aromatic heterocycles. The molecule has 0 aliphatic rings. The summed E-state index contributed by atoms with van der Waals surface area (Å²) in [6, 6.07) is 21.6. The number of benzene rings is 3. The van der Waals surface area contributed by atoms with E-state index in [2.05, 4.69) is 15.5 Å². The summed E-state index contributed by atoms with van der Waals surface area (Å²) in [6.45, 7) is -0.187. The van der Waals surface area contributed by atoms with Crippen LogP contribution >= 0.6 is 0 Å². The molecule has 0 aliphatic carbocycles. The molecule has 0 atom stereocenters. The Hall–Kier alpha value is -4.33. The quantitative estimate of drug-likeness (QED) is 0.441. The summed E-state index contributed by atoms with van der Waals surface area (Å²) < 4.78 is 21.5. The number of ether oxygens (including phenoxy) is 3. The Balaban J connectivity index is 1.46. The zero-order valence-corrected chi connectivity index (χ0v) is 17.6. The van der Waals surface area contributed by atoms with Gasteiger partial charge in [0.05, 0.1) is 19.8 Å². The summed E-state index contributed by atoms with van der Waals surface area (Å²) in [4.78, 5) is 16.8. The van der Waals surface area contributed by atoms with Crippen molar-refractivity contribution in [1.29, 1.82) is 0 Å². The average Bonchev–Trinajstić information content (AvgIpc) is 3.33. The third-order valence-electron chi connectivity index (χ3n) is 4.60. The maximum absolute atomic E-state index is 12.3. The van der Waals surface area contributed by atoms with Gasteiger partial charge in [-0.25, -0.2) is 0 Å². The Bertz CT molecular complexity index is 1200. The van der Waals surface area contributed by atoms with E-state index in [-0.39, 0.29) is 12.5 Å². The molecule has 8 nitrogen and oxygen atoms in total. The first-order chi connectivity index (χ1) is 15.7. The van der Waals surface area contributed by atoms with Crippen molar-refractivity contribution in [3.63, 3.8) is 0 Å². The van der Waals surface area contributed by atoms with Crippen LogP contribution in [-0.2, 0) is 4.79 Å². The predicted molar refractivity (Wildman–Crippen MR) is 119 cm³/mol. The third-order valence-corrected chi connectivity index (χ3v) is 4.60. The van der Waals surface area contributed by atoms with Crippen LogP contribution in [0.4, 0.5) is 5.69 Å². The predicted octanol–water partition coefficient (Wildman–Crippen LogP) is 4.44. The fourth-order valence-electron chi connectivity index (χ4n) is 3.00. The van der Waals surface area contributed by atoms with Crippen LogP contribution in [0.25, 0.3) is 22.8 Å². The van der Waals surface area contributed by atoms with Gasteiger partial charge in [0, 0.05) is 17.3 Å². The second kappa shape index (κ2) is 9.65. The first-order valence-corrected chi connectivity index (χ1v) is 9.80. The van der Waals surface area contributed by atoms with Crippen LogP contribution in [0.2, 0.25) is 0 Å². The molecule has 1 heterocycles. The smallest absolute Gasteiger partial charge is 0.262 e. The molecule has 0 fully saturated rings. The number of hydrogen-bond acceptors (Lipinski definition) is 7. The van der Waals surface area contributed by atoms with Crippen molar-refractivity contribution in [3.05, 3.63) is 72.8 Å². The minimum Gasteiger partial charge on any atom is -0.497 e. The monoisotopic (exact) mass is 431 g/mol. The lowest BCUT2D eigenvalue weighted by atomic mass is 10.2. The number of methoxy groups -OCH3 is 2. The highest BCUT2D eigenvalue weighted by atomic mass is 16.5. The number of hydrogen-bond donors (Lipinski definition) is 1. The molecule has 0 radical (unpaired) electrons. The molecule has 1 N–H and O–H groups in total. The fraction of sp³-hybridized carbons (Fsp3) is 0.125. The molecule has 0 saturated carbocycles. The van der Waals surface area contributed by atoms with E-state index in [1.807, 2.05) is 30.3 Å². The molecule has 32 heavy (non-hydrogen) atoms. The molecule has 4 rings (SSSR count). The topological polar surface area (TPSA) is 95.7 Å². The Morgan fingerprint density at radius 2 is 1.72 bits per heavy atom. The van der Waals surface area contributed by atoms with Gasteiger partial charge in [0.25, 0.3) is 11.8 Å². The molecular weight excluding hydrogens is 410 g/mol. The maximum atomic E-state index is 12.3. The summed E-state index contributed by atoms with van der Waals surface area (Å²) >= 11 is 0. The van der Waals surface area contributed by atoms with Crippen LogP contribution in [0.1, 0.15) is 0 Å². The second-order valence-electron chi connectivity index (χ2n) is 6.72. The van der Waals surface area contributed by atoms with Gasteiger partial charge in [0.1, 0.15) is 17.2 Å². The SMILES string of the molecule is COc1ccc(-c2noc(-c3ccccc3OCC(=O)Nc3cccc(OC)c3)n2)cc1. The minimum atomic E-state index is -0.308. The van der Waals surface area contributed by atoms with Gasteiger partial charge in [-0.2, -0.15) is 4.98 Å². The van der Waals surface area contributed by atoms with Gasteiger partial charge in [0.15, 0.2) is 6.61 Å². The molecule has 4 aromatic rings. The molecule has 0 unspecified atom stereocenters. The fourth-order valence-corrected chi connectivity index (χ4v) is 3.00. The molecule has 0 saturated heterocycles. The summed E-state index contributed by atoms with van der Waals surface area (Å²) in [5, 5.41) is 6.83. The van der Waals surface area contributed by atoms with E-state index in [0.717, 1.165) is 11.3 Å². The highest BCUT2D eigenvalue weighted by Gasteiger charge is 2.16. The number of rotatable bonds is 8. The van der Waals surface area contributed by atoms with E-state index >= 15 is 0 Å². The van der Waals surface area contributed by atoms with Crippen molar-refractivity contribution in [1.82, 2.24) is 10.1 Å². The maximum Gasteiger partial charge on any atom is 0.262 e. The number of carbonyl (C=O) groups excluding carboxylic acids is 1. The van der Waals surface area contributed by atoms with Gasteiger partial charge in [-0.15, -0.1) is 0 Å². The van der Waals surface area contributed by atoms with Crippen LogP contribution in [0, 0.1) is 0 Å². The summed E-state index contributed by atoms with van der Waals surface area (Å²) in [5.74, 6) is 2.27. The van der Waals surface area contributed by atoms with E-state index < -0.39 is 0 Å². The minimum absolute atomic E-state index is 0.187. The molecule has 1 amide bonds. The van der Waals surface area contributed by atoms with Crippen molar-refractivity contribution in [2.24, 2.45) is 0 Å². The van der Waals surface area contributed by atoms with Crippen LogP contribution in [0.3, 0.4) is 0 Å². The van der Waals surface area contributed by atoms with Crippen molar-refractivity contribution >= 4 is 11.6 Å². The lowest BCUT2D eigenvalue weighted by Gasteiger charge is -2.10. The lowest BCUT2D eigenvalue weighted by Crippen LogP contribution is -2.20. The summed E-state index contributed by atoms with van der Waals surface area (Å²) in [6.07, 6.45) is 0. The third kappa shape index (κ3) is 4.86. The lowest BCUT2D eigenvalue weighted by molar-refractivity contribution is -0.118. The Morgan fingerprint density at radius 3 is 2.50 bits per heavy atom. The van der Waals surface area contributed by atoms with Crippen LogP contribution < -0.4 is 19.5 Å². The van der Waals surface area contributed by atoms with Crippen LogP contribution in [-0.4, -0.2) is 36.9 Å². The molecule has 0 aliphatic heterocycles. The molecular formula is C24H21N3O5. The molecule has 3 aromatic carbocycles. The van der Waals surface area contributed by atoms with Gasteiger partial charge < -0.3 is 24.1 Å². The number of amides is 1. The second-order valence-corrected chi connectivity index (χ2v) is 6.72. The van der Waals surface area contributed by atoms with Crippen molar-refractivity contribution in [2.75, 3.05) is 26.1 Å². The van der Waals surface area contributed by atoms with E-state index in [9.17, 15) is 4.79 Å². The highest BCUT2D eigenvalue weighted by Crippen LogP contribution is 2.30. The highest BCUT2D eigenvalue weighted by molar-refractivity contribution is 5.92. The molecule has 8 heteroatoms. The zero-order valence-electron chi connectivity index (χ0n) is 17.6. The number of aromatic nitrogens is 2. The van der Waals surface area contributed by atoms with Crippen molar-refractivity contribution < 1.29 is 23.5 Å².